The van der Waals surface area contributed by atoms with Crippen LogP contribution in [0.4, 0.5) is 0 Å². The molecule has 0 aromatic carbocycles. The summed E-state index contributed by atoms with van der Waals surface area (Å²) in [6, 6.07) is 0. The largest absolute Gasteiger partial charge is 0.391 e. The van der Waals surface area contributed by atoms with Crippen molar-refractivity contribution in [2.24, 2.45) is 0 Å². The number of likely N-dealkylation sites (N-methyl/N-ethyl adjacent to an activating group) is 2. The summed E-state index contributed by atoms with van der Waals surface area (Å²) in [7, 11) is 6.64. The van der Waals surface area contributed by atoms with E-state index in [1.54, 1.807) is 0 Å². The second-order valence-corrected chi connectivity index (χ2v) is 6.12. The van der Waals surface area contributed by atoms with Crippen molar-refractivity contribution in [3.8, 4) is 0 Å². The Morgan fingerprint density at radius 3 is 1.61 bits per heavy atom. The van der Waals surface area contributed by atoms with Crippen LogP contribution in [0.5, 0.6) is 0 Å². The van der Waals surface area contributed by atoms with Gasteiger partial charge in [-0.1, -0.05) is 0 Å². The van der Waals surface area contributed by atoms with Crippen LogP contribution in [-0.4, -0.2) is 101 Å². The van der Waals surface area contributed by atoms with Crippen LogP contribution in [0.25, 0.3) is 0 Å². The zero-order valence-corrected chi connectivity index (χ0v) is 12.2. The molecule has 0 unspecified atom stereocenters. The van der Waals surface area contributed by atoms with Crippen LogP contribution in [0, 0.1) is 0 Å². The van der Waals surface area contributed by atoms with Crippen molar-refractivity contribution in [1.29, 1.82) is 0 Å². The summed E-state index contributed by atoms with van der Waals surface area (Å²) < 4.78 is 12.5. The predicted octanol–water partition coefficient (Wildman–Crippen LogP) is -0.451. The van der Waals surface area contributed by atoms with Crippen molar-refractivity contribution in [3.63, 3.8) is 0 Å². The van der Waals surface area contributed by atoms with Gasteiger partial charge in [-0.05, 0) is 0 Å². The summed E-state index contributed by atoms with van der Waals surface area (Å²) in [5.74, 6) is 0. The Labute approximate surface area is 111 Å². The smallest absolute Gasteiger partial charge is 0.102 e. The molecule has 2 rings (SSSR count). The maximum atomic E-state index is 8.73. The van der Waals surface area contributed by atoms with Crippen LogP contribution in [0.15, 0.2) is 0 Å². The van der Waals surface area contributed by atoms with Crippen molar-refractivity contribution < 1.29 is 23.5 Å². The Balaban J connectivity index is 0.000000184. The summed E-state index contributed by atoms with van der Waals surface area (Å²) in [5, 5.41) is 8.73. The van der Waals surface area contributed by atoms with E-state index < -0.39 is 0 Å². The lowest BCUT2D eigenvalue weighted by molar-refractivity contribution is -0.917. The van der Waals surface area contributed by atoms with Crippen molar-refractivity contribution in [2.45, 2.75) is 0 Å². The van der Waals surface area contributed by atoms with Gasteiger partial charge in [0.15, 0.2) is 0 Å². The van der Waals surface area contributed by atoms with Gasteiger partial charge >= 0.3 is 0 Å². The monoisotopic (exact) mass is 262 g/mol. The fourth-order valence-electron chi connectivity index (χ4n) is 2.09. The molecule has 0 radical (unpaired) electrons. The highest BCUT2D eigenvalue weighted by Crippen LogP contribution is 2.05. The van der Waals surface area contributed by atoms with E-state index in [2.05, 4.69) is 21.1 Å². The van der Waals surface area contributed by atoms with E-state index in [0.717, 1.165) is 55.0 Å². The number of aliphatic hydroxyl groups excluding tert-OH is 1. The lowest BCUT2D eigenvalue weighted by Gasteiger charge is -2.36. The molecule has 0 aromatic rings. The molecule has 0 atom stereocenters. The average Bonchev–Trinajstić information content (AvgIpc) is 2.30. The highest BCUT2D eigenvalue weighted by Gasteiger charge is 2.23. The Hall–Kier alpha value is -0.200. The molecule has 2 aliphatic heterocycles. The average molecular weight is 262 g/mol. The molecular formula is C13H30N2O3+2. The number of morpholine rings is 2. The molecule has 2 aliphatic rings. The molecule has 18 heavy (non-hydrogen) atoms. The van der Waals surface area contributed by atoms with Crippen molar-refractivity contribution in [2.75, 3.05) is 86.9 Å². The van der Waals surface area contributed by atoms with E-state index in [0.29, 0.717) is 0 Å². The van der Waals surface area contributed by atoms with E-state index in [4.69, 9.17) is 14.6 Å². The Morgan fingerprint density at radius 1 is 0.833 bits per heavy atom. The van der Waals surface area contributed by atoms with Crippen LogP contribution in [0.1, 0.15) is 0 Å². The second-order valence-electron chi connectivity index (χ2n) is 6.12. The number of quaternary nitrogens is 2. The summed E-state index contributed by atoms with van der Waals surface area (Å²) in [6.07, 6.45) is 0. The van der Waals surface area contributed by atoms with Gasteiger partial charge in [0.05, 0.1) is 54.2 Å². The number of ether oxygens (including phenoxy) is 2. The zero-order chi connectivity index (χ0) is 13.5. The minimum absolute atomic E-state index is 0.288. The standard InChI is InChI=1S/C7H16NO2.C6H14NO/c1-8(2-5-9)3-6-10-7-4-8;1-7(2)3-5-8-6-4-7/h9H,2-7H2,1H3;3-6H2,1-2H3/q2*+1. The van der Waals surface area contributed by atoms with Gasteiger partial charge in [-0.2, -0.15) is 0 Å². The molecule has 5 heteroatoms. The molecule has 0 bridgehead atoms. The highest BCUT2D eigenvalue weighted by molar-refractivity contribution is 4.45. The molecule has 2 heterocycles. The quantitative estimate of drug-likeness (QED) is 0.685. The highest BCUT2D eigenvalue weighted by atomic mass is 16.5. The first-order chi connectivity index (χ1) is 8.47. The van der Waals surface area contributed by atoms with Gasteiger partial charge in [0.25, 0.3) is 0 Å². The second kappa shape index (κ2) is 7.40. The lowest BCUT2D eigenvalue weighted by atomic mass is 10.3. The summed E-state index contributed by atoms with van der Waals surface area (Å²) in [4.78, 5) is 0. The molecule has 0 spiro atoms. The Morgan fingerprint density at radius 2 is 1.28 bits per heavy atom. The first-order valence-electron chi connectivity index (χ1n) is 6.89. The molecular weight excluding hydrogens is 232 g/mol. The Kier molecular flexibility index (Phi) is 6.52. The number of rotatable bonds is 2. The van der Waals surface area contributed by atoms with Crippen LogP contribution in [0.3, 0.4) is 0 Å². The Bertz CT molecular complexity index is 215. The van der Waals surface area contributed by atoms with Crippen LogP contribution in [0.2, 0.25) is 0 Å². The third-order valence-corrected chi connectivity index (χ3v) is 3.87. The molecule has 0 aliphatic carbocycles. The van der Waals surface area contributed by atoms with Gasteiger partial charge < -0.3 is 23.5 Å². The van der Waals surface area contributed by atoms with Crippen LogP contribution >= 0.6 is 0 Å². The van der Waals surface area contributed by atoms with Crippen LogP contribution < -0.4 is 0 Å². The predicted molar refractivity (Wildman–Crippen MR) is 71.4 cm³/mol. The molecule has 0 aromatic heterocycles. The maximum absolute atomic E-state index is 8.73. The molecule has 108 valence electrons. The van der Waals surface area contributed by atoms with Gasteiger partial charge in [0.1, 0.15) is 32.7 Å². The first-order valence-corrected chi connectivity index (χ1v) is 6.89. The molecule has 1 N–H and O–H groups in total. The van der Waals surface area contributed by atoms with E-state index in [1.165, 1.54) is 13.1 Å². The molecule has 5 nitrogen and oxygen atoms in total. The lowest BCUT2D eigenvalue weighted by Crippen LogP contribution is -2.53. The van der Waals surface area contributed by atoms with Gasteiger partial charge in [-0.3, -0.25) is 0 Å². The third-order valence-electron chi connectivity index (χ3n) is 3.87. The van der Waals surface area contributed by atoms with Gasteiger partial charge in [-0.15, -0.1) is 0 Å². The van der Waals surface area contributed by atoms with Crippen molar-refractivity contribution in [1.82, 2.24) is 0 Å². The summed E-state index contributed by atoms with van der Waals surface area (Å²) in [6.45, 7) is 9.13. The topological polar surface area (TPSA) is 38.7 Å². The summed E-state index contributed by atoms with van der Waals surface area (Å²) in [5.41, 5.74) is 0. The number of nitrogens with zero attached hydrogens (tertiary/aromatic N) is 2. The molecule has 2 saturated heterocycles. The van der Waals surface area contributed by atoms with Gasteiger partial charge in [0, 0.05) is 0 Å². The molecule has 2 fully saturated rings. The van der Waals surface area contributed by atoms with E-state index in [1.807, 2.05) is 0 Å². The first kappa shape index (κ1) is 15.9. The maximum Gasteiger partial charge on any atom is 0.102 e. The van der Waals surface area contributed by atoms with Gasteiger partial charge in [-0.25, -0.2) is 0 Å². The summed E-state index contributed by atoms with van der Waals surface area (Å²) >= 11 is 0. The van der Waals surface area contributed by atoms with E-state index in [9.17, 15) is 0 Å². The van der Waals surface area contributed by atoms with E-state index >= 15 is 0 Å². The zero-order valence-electron chi connectivity index (χ0n) is 12.2. The minimum atomic E-state index is 0.288. The normalized spacial score (nSPS) is 26.0. The van der Waals surface area contributed by atoms with Crippen molar-refractivity contribution in [3.05, 3.63) is 0 Å². The number of hydrogen-bond acceptors (Lipinski definition) is 3. The molecule has 0 amide bonds. The minimum Gasteiger partial charge on any atom is -0.391 e. The van der Waals surface area contributed by atoms with Gasteiger partial charge in [0.2, 0.25) is 0 Å². The SMILES string of the molecule is C[N+]1(C)CCOCC1.C[N+]1(CCO)CCOCC1. The van der Waals surface area contributed by atoms with Crippen molar-refractivity contribution >= 4 is 0 Å². The number of aliphatic hydroxyl groups is 1. The fraction of sp³-hybridized carbons (Fsp3) is 1.00. The fourth-order valence-corrected chi connectivity index (χ4v) is 2.09. The third kappa shape index (κ3) is 6.11. The number of hydrogen-bond donors (Lipinski definition) is 1. The van der Waals surface area contributed by atoms with E-state index in [-0.39, 0.29) is 6.61 Å². The molecule has 0 saturated carbocycles. The van der Waals surface area contributed by atoms with Crippen LogP contribution in [-0.2, 0) is 9.47 Å².